The van der Waals surface area contributed by atoms with E-state index >= 15 is 0 Å². The third-order valence-corrected chi connectivity index (χ3v) is 8.52. The van der Waals surface area contributed by atoms with Crippen LogP contribution < -0.4 is 0 Å². The van der Waals surface area contributed by atoms with Gasteiger partial charge in [0, 0.05) is 5.41 Å². The second kappa shape index (κ2) is 6.74. The van der Waals surface area contributed by atoms with Gasteiger partial charge in [-0.05, 0) is 92.0 Å². The summed E-state index contributed by atoms with van der Waals surface area (Å²) < 4.78 is 0. The summed E-state index contributed by atoms with van der Waals surface area (Å²) in [6.07, 6.45) is 10.6. The van der Waals surface area contributed by atoms with E-state index in [1.165, 1.54) is 28.7 Å². The molecule has 2 fully saturated rings. The standard InChI is InChI=1S/C27H32O2/c1-18-4-3-5-19(16-18)10-14-27(29)15-12-25-24-8-6-20-17-21(28)7-9-22(20)23(24)11-13-26(25,27)2/h3-5,7,9-10,14,16-17,23-25,28-29H,6,8,11-13,15H2,1-2H3/b14-10-/t23-,24-,25+,26+,27+/m1/s1. The fourth-order valence-electron chi connectivity index (χ4n) is 6.90. The maximum Gasteiger partial charge on any atom is 0.115 e. The highest BCUT2D eigenvalue weighted by Crippen LogP contribution is 2.64. The van der Waals surface area contributed by atoms with Gasteiger partial charge in [-0.3, -0.25) is 0 Å². The van der Waals surface area contributed by atoms with E-state index in [0.717, 1.165) is 32.1 Å². The molecule has 2 aromatic carbocycles. The number of fused-ring (bicyclic) bond motifs is 5. The average Bonchev–Trinajstić information content (AvgIpc) is 2.97. The summed E-state index contributed by atoms with van der Waals surface area (Å²) in [5, 5.41) is 21.7. The van der Waals surface area contributed by atoms with E-state index in [1.54, 1.807) is 0 Å². The molecule has 0 heterocycles. The van der Waals surface area contributed by atoms with Crippen LogP contribution in [0.5, 0.6) is 5.75 Å². The van der Waals surface area contributed by atoms with Crippen LogP contribution in [0.4, 0.5) is 0 Å². The molecule has 2 nitrogen and oxygen atoms in total. The quantitative estimate of drug-likeness (QED) is 0.662. The topological polar surface area (TPSA) is 40.5 Å². The molecule has 0 radical (unpaired) electrons. The van der Waals surface area contributed by atoms with Gasteiger partial charge in [0.2, 0.25) is 0 Å². The molecule has 0 spiro atoms. The third kappa shape index (κ3) is 2.95. The van der Waals surface area contributed by atoms with Crippen LogP contribution in [0.1, 0.15) is 67.2 Å². The van der Waals surface area contributed by atoms with Crippen molar-refractivity contribution in [3.63, 3.8) is 0 Å². The summed E-state index contributed by atoms with van der Waals surface area (Å²) in [5.74, 6) is 2.18. The number of phenolic OH excluding ortho intramolecular Hbond substituents is 1. The Hall–Kier alpha value is -2.06. The third-order valence-electron chi connectivity index (χ3n) is 8.52. The van der Waals surface area contributed by atoms with E-state index in [0.29, 0.717) is 23.5 Å². The van der Waals surface area contributed by atoms with E-state index < -0.39 is 5.60 Å². The number of aromatic hydroxyl groups is 1. The summed E-state index contributed by atoms with van der Waals surface area (Å²) in [4.78, 5) is 0. The minimum Gasteiger partial charge on any atom is -0.508 e. The van der Waals surface area contributed by atoms with Gasteiger partial charge in [-0.25, -0.2) is 0 Å². The molecule has 0 aliphatic heterocycles. The predicted molar refractivity (Wildman–Crippen MR) is 118 cm³/mol. The molecule has 2 saturated carbocycles. The van der Waals surface area contributed by atoms with Crippen LogP contribution in [0.2, 0.25) is 0 Å². The van der Waals surface area contributed by atoms with Crippen molar-refractivity contribution >= 4 is 6.08 Å². The van der Waals surface area contributed by atoms with Crippen LogP contribution in [-0.4, -0.2) is 15.8 Å². The van der Waals surface area contributed by atoms with Gasteiger partial charge in [0.15, 0.2) is 0 Å². The molecule has 2 heteroatoms. The number of rotatable bonds is 2. The van der Waals surface area contributed by atoms with E-state index in [2.05, 4.69) is 56.3 Å². The first-order valence-corrected chi connectivity index (χ1v) is 11.2. The van der Waals surface area contributed by atoms with Crippen molar-refractivity contribution in [2.75, 3.05) is 0 Å². The van der Waals surface area contributed by atoms with Crippen LogP contribution >= 0.6 is 0 Å². The summed E-state index contributed by atoms with van der Waals surface area (Å²) in [7, 11) is 0. The van der Waals surface area contributed by atoms with E-state index in [4.69, 9.17) is 0 Å². The monoisotopic (exact) mass is 388 g/mol. The summed E-state index contributed by atoms with van der Waals surface area (Å²) >= 11 is 0. The Morgan fingerprint density at radius 2 is 1.90 bits per heavy atom. The number of aryl methyl sites for hydroxylation is 2. The fraction of sp³-hybridized carbons (Fsp3) is 0.481. The van der Waals surface area contributed by atoms with Crippen molar-refractivity contribution in [1.82, 2.24) is 0 Å². The first-order valence-electron chi connectivity index (χ1n) is 11.2. The predicted octanol–water partition coefficient (Wildman–Crippen LogP) is 6.00. The van der Waals surface area contributed by atoms with Gasteiger partial charge < -0.3 is 10.2 Å². The summed E-state index contributed by atoms with van der Waals surface area (Å²) in [5.41, 5.74) is 4.44. The molecule has 5 rings (SSSR count). The zero-order chi connectivity index (χ0) is 20.2. The maximum atomic E-state index is 11.8. The molecule has 0 saturated heterocycles. The van der Waals surface area contributed by atoms with Crippen molar-refractivity contribution in [2.24, 2.45) is 17.3 Å². The highest BCUT2D eigenvalue weighted by Gasteiger charge is 2.60. The van der Waals surface area contributed by atoms with Gasteiger partial charge in [0.05, 0.1) is 5.60 Å². The minimum absolute atomic E-state index is 0.0527. The molecular formula is C27H32O2. The van der Waals surface area contributed by atoms with Crippen LogP contribution in [0.15, 0.2) is 48.5 Å². The minimum atomic E-state index is -0.721. The van der Waals surface area contributed by atoms with E-state index in [-0.39, 0.29) is 5.41 Å². The van der Waals surface area contributed by atoms with Crippen molar-refractivity contribution in [1.29, 1.82) is 0 Å². The number of benzene rings is 2. The summed E-state index contributed by atoms with van der Waals surface area (Å²) in [6, 6.07) is 14.5. The summed E-state index contributed by atoms with van der Waals surface area (Å²) in [6.45, 7) is 4.45. The number of aliphatic hydroxyl groups is 1. The smallest absolute Gasteiger partial charge is 0.115 e. The molecule has 0 bridgehead atoms. The van der Waals surface area contributed by atoms with Gasteiger partial charge in [-0.15, -0.1) is 0 Å². The maximum absolute atomic E-state index is 11.8. The van der Waals surface area contributed by atoms with Crippen molar-refractivity contribution < 1.29 is 10.2 Å². The molecule has 2 N–H and O–H groups in total. The number of phenols is 1. The SMILES string of the molecule is Cc1cccc(/C=C\[C@]2(O)CC[C@H]3[C@@H]4CCc5cc(O)ccc5[C@H]4CC[C@@]32C)c1. The molecule has 152 valence electrons. The number of hydrogen-bond donors (Lipinski definition) is 2. The second-order valence-electron chi connectivity index (χ2n) is 9.97. The van der Waals surface area contributed by atoms with Gasteiger partial charge in [-0.2, -0.15) is 0 Å². The Balaban J connectivity index is 1.43. The molecular weight excluding hydrogens is 356 g/mol. The average molecular weight is 389 g/mol. The van der Waals surface area contributed by atoms with E-state index in [1.807, 2.05) is 12.1 Å². The van der Waals surface area contributed by atoms with Gasteiger partial charge in [0.1, 0.15) is 5.75 Å². The Morgan fingerprint density at radius 1 is 1.03 bits per heavy atom. The fourth-order valence-corrected chi connectivity index (χ4v) is 6.90. The zero-order valence-electron chi connectivity index (χ0n) is 17.6. The Kier molecular flexibility index (Phi) is 4.40. The lowest BCUT2D eigenvalue weighted by Crippen LogP contribution is -2.49. The molecule has 0 aromatic heterocycles. The molecule has 3 aliphatic carbocycles. The number of hydrogen-bond acceptors (Lipinski definition) is 2. The molecule has 29 heavy (non-hydrogen) atoms. The Bertz CT molecular complexity index is 961. The second-order valence-corrected chi connectivity index (χ2v) is 9.97. The highest BCUT2D eigenvalue weighted by molar-refractivity contribution is 5.52. The van der Waals surface area contributed by atoms with Crippen molar-refractivity contribution in [2.45, 2.75) is 63.9 Å². The van der Waals surface area contributed by atoms with Crippen LogP contribution in [0, 0.1) is 24.2 Å². The van der Waals surface area contributed by atoms with Crippen molar-refractivity contribution in [3.8, 4) is 5.75 Å². The van der Waals surface area contributed by atoms with Crippen LogP contribution in [0.3, 0.4) is 0 Å². The van der Waals surface area contributed by atoms with E-state index in [9.17, 15) is 10.2 Å². The lowest BCUT2D eigenvalue weighted by molar-refractivity contribution is -0.0705. The van der Waals surface area contributed by atoms with Gasteiger partial charge in [-0.1, -0.05) is 55.0 Å². The van der Waals surface area contributed by atoms with Crippen LogP contribution in [-0.2, 0) is 6.42 Å². The Morgan fingerprint density at radius 3 is 2.72 bits per heavy atom. The molecule has 0 unspecified atom stereocenters. The first kappa shape index (κ1) is 18.9. The molecule has 5 atom stereocenters. The molecule has 3 aliphatic rings. The van der Waals surface area contributed by atoms with Crippen molar-refractivity contribution in [3.05, 3.63) is 70.8 Å². The van der Waals surface area contributed by atoms with Gasteiger partial charge >= 0.3 is 0 Å². The van der Waals surface area contributed by atoms with Gasteiger partial charge in [0.25, 0.3) is 0 Å². The Labute approximate surface area is 174 Å². The molecule has 2 aromatic rings. The lowest BCUT2D eigenvalue weighted by atomic mass is 9.53. The first-order chi connectivity index (χ1) is 13.9. The lowest BCUT2D eigenvalue weighted by Gasteiger charge is -2.52. The van der Waals surface area contributed by atoms with Crippen LogP contribution in [0.25, 0.3) is 6.08 Å². The highest BCUT2D eigenvalue weighted by atomic mass is 16.3. The largest absolute Gasteiger partial charge is 0.508 e. The normalized spacial score (nSPS) is 35.9. The zero-order valence-corrected chi connectivity index (χ0v) is 17.6. The molecule has 0 amide bonds.